The van der Waals surface area contributed by atoms with Crippen molar-refractivity contribution in [2.45, 2.75) is 64.0 Å². The van der Waals surface area contributed by atoms with E-state index in [0.717, 1.165) is 17.4 Å². The summed E-state index contributed by atoms with van der Waals surface area (Å²) in [7, 11) is 0. The van der Waals surface area contributed by atoms with Gasteiger partial charge in [0, 0.05) is 0 Å². The van der Waals surface area contributed by atoms with Crippen LogP contribution in [0.5, 0.6) is 0 Å². The highest BCUT2D eigenvalue weighted by molar-refractivity contribution is 8.15. The molecule has 1 heterocycles. The molecule has 0 aromatic heterocycles. The first kappa shape index (κ1) is 13.1. The number of hydrogen-bond acceptors (Lipinski definition) is 2. The molecule has 0 aromatic carbocycles. The minimum Gasteiger partial charge on any atom is -0.271 e. The summed E-state index contributed by atoms with van der Waals surface area (Å²) in [6, 6.07) is 0. The molecule has 3 heteroatoms. The molecule has 1 atom stereocenters. The molecule has 0 saturated heterocycles. The van der Waals surface area contributed by atoms with Crippen LogP contribution in [-0.2, 0) is 4.79 Å². The summed E-state index contributed by atoms with van der Waals surface area (Å²) in [5.41, 5.74) is 0. The van der Waals surface area contributed by atoms with Gasteiger partial charge in [0.15, 0.2) is 0 Å². The van der Waals surface area contributed by atoms with Crippen molar-refractivity contribution in [3.8, 4) is 0 Å². The Morgan fingerprint density at radius 3 is 2.41 bits per heavy atom. The fourth-order valence-corrected chi connectivity index (χ4v) is 3.93. The normalized spacial score (nSPS) is 27.4. The summed E-state index contributed by atoms with van der Waals surface area (Å²) in [5.74, 6) is 1.29. The van der Waals surface area contributed by atoms with Crippen LogP contribution < -0.4 is 0 Å². The van der Waals surface area contributed by atoms with E-state index in [-0.39, 0.29) is 11.2 Å². The lowest BCUT2D eigenvalue weighted by molar-refractivity contribution is -0.117. The Morgan fingerprint density at radius 1 is 1.24 bits per heavy atom. The summed E-state index contributed by atoms with van der Waals surface area (Å²) in [5, 5.41) is 1.20. The monoisotopic (exact) mass is 253 g/mol. The molecule has 2 aliphatic rings. The van der Waals surface area contributed by atoms with E-state index in [1.807, 2.05) is 0 Å². The number of nitrogens with zero attached hydrogens (tertiary/aromatic N) is 1. The van der Waals surface area contributed by atoms with Crippen molar-refractivity contribution in [1.82, 2.24) is 0 Å². The molecule has 0 bridgehead atoms. The Balaban J connectivity index is 1.87. The van der Waals surface area contributed by atoms with E-state index in [9.17, 15) is 4.79 Å². The number of hydrogen-bond donors (Lipinski definition) is 0. The highest BCUT2D eigenvalue weighted by atomic mass is 32.2. The molecule has 1 unspecified atom stereocenters. The van der Waals surface area contributed by atoms with Gasteiger partial charge in [-0.25, -0.2) is 4.99 Å². The van der Waals surface area contributed by atoms with Gasteiger partial charge >= 0.3 is 0 Å². The lowest BCUT2D eigenvalue weighted by Crippen LogP contribution is -2.17. The predicted octanol–water partition coefficient (Wildman–Crippen LogP) is 4.04. The molecule has 0 radical (unpaired) electrons. The van der Waals surface area contributed by atoms with E-state index in [1.165, 1.54) is 38.5 Å². The van der Waals surface area contributed by atoms with Crippen molar-refractivity contribution in [3.05, 3.63) is 0 Å². The molecule has 0 N–H and O–H groups in total. The number of aliphatic imine (C=N–C) groups is 1. The summed E-state index contributed by atoms with van der Waals surface area (Å²) < 4.78 is 0. The smallest absolute Gasteiger partial charge is 0.260 e. The molecule has 1 amide bonds. The van der Waals surface area contributed by atoms with E-state index in [0.29, 0.717) is 5.92 Å². The minimum absolute atomic E-state index is 0.0933. The molecule has 1 aliphatic heterocycles. The summed E-state index contributed by atoms with van der Waals surface area (Å²) in [4.78, 5) is 16.0. The molecule has 2 rings (SSSR count). The zero-order chi connectivity index (χ0) is 12.3. The van der Waals surface area contributed by atoms with Gasteiger partial charge < -0.3 is 0 Å². The first-order valence-electron chi connectivity index (χ1n) is 6.95. The number of amides is 1. The second kappa shape index (κ2) is 6.03. The van der Waals surface area contributed by atoms with Crippen molar-refractivity contribution in [1.29, 1.82) is 0 Å². The van der Waals surface area contributed by atoms with Crippen molar-refractivity contribution in [2.24, 2.45) is 16.8 Å². The molecule has 1 aliphatic carbocycles. The third-order valence-electron chi connectivity index (χ3n) is 3.78. The zero-order valence-electron chi connectivity index (χ0n) is 10.9. The second-order valence-electron chi connectivity index (χ2n) is 5.69. The van der Waals surface area contributed by atoms with E-state index >= 15 is 0 Å². The van der Waals surface area contributed by atoms with Crippen LogP contribution >= 0.6 is 11.8 Å². The molecule has 0 aromatic rings. The van der Waals surface area contributed by atoms with Gasteiger partial charge in [-0.15, -0.1) is 0 Å². The standard InChI is InChI=1S/C14H23NOS/c1-10(2)13-14(16)15-12(17-13)9-11-7-5-3-4-6-8-11/h10-11,13H,3-9H2,1-2H3. The quantitative estimate of drug-likeness (QED) is 0.710. The topological polar surface area (TPSA) is 29.4 Å². The Morgan fingerprint density at radius 2 is 1.88 bits per heavy atom. The fraction of sp³-hybridized carbons (Fsp3) is 0.857. The van der Waals surface area contributed by atoms with Crippen LogP contribution in [0.15, 0.2) is 4.99 Å². The third-order valence-corrected chi connectivity index (χ3v) is 5.31. The Labute approximate surface area is 109 Å². The lowest BCUT2D eigenvalue weighted by Gasteiger charge is -2.14. The maximum absolute atomic E-state index is 11.7. The van der Waals surface area contributed by atoms with Gasteiger partial charge in [0.05, 0.1) is 10.3 Å². The molecule has 0 spiro atoms. The van der Waals surface area contributed by atoms with Crippen molar-refractivity contribution in [3.63, 3.8) is 0 Å². The van der Waals surface area contributed by atoms with Crippen LogP contribution in [0.25, 0.3) is 0 Å². The Hall–Kier alpha value is -0.310. The van der Waals surface area contributed by atoms with Crippen molar-refractivity contribution >= 4 is 22.7 Å². The minimum atomic E-state index is 0.0933. The van der Waals surface area contributed by atoms with Gasteiger partial charge in [0.2, 0.25) is 0 Å². The average molecular weight is 253 g/mol. The number of carbonyl (C=O) groups excluding carboxylic acids is 1. The number of thioether (sulfide) groups is 1. The maximum Gasteiger partial charge on any atom is 0.260 e. The van der Waals surface area contributed by atoms with Crippen molar-refractivity contribution < 1.29 is 4.79 Å². The van der Waals surface area contributed by atoms with Crippen LogP contribution in [0.3, 0.4) is 0 Å². The SMILES string of the molecule is CC(C)C1SC(CC2CCCCCC2)=NC1=O. The molecule has 1 saturated carbocycles. The molecule has 17 heavy (non-hydrogen) atoms. The summed E-state index contributed by atoms with van der Waals surface area (Å²) >= 11 is 1.73. The second-order valence-corrected chi connectivity index (χ2v) is 6.90. The molecular formula is C14H23NOS. The molecule has 1 fully saturated rings. The first-order valence-corrected chi connectivity index (χ1v) is 7.83. The van der Waals surface area contributed by atoms with Gasteiger partial charge in [0.25, 0.3) is 5.91 Å². The third kappa shape index (κ3) is 3.57. The predicted molar refractivity (Wildman–Crippen MR) is 74.5 cm³/mol. The Bertz CT molecular complexity index is 303. The number of rotatable bonds is 3. The Kier molecular flexibility index (Phi) is 4.66. The van der Waals surface area contributed by atoms with Gasteiger partial charge in [-0.2, -0.15) is 0 Å². The lowest BCUT2D eigenvalue weighted by atomic mass is 9.97. The van der Waals surface area contributed by atoms with Crippen LogP contribution in [0.1, 0.15) is 58.8 Å². The van der Waals surface area contributed by atoms with E-state index in [4.69, 9.17) is 0 Å². The zero-order valence-corrected chi connectivity index (χ0v) is 11.8. The number of carbonyl (C=O) groups is 1. The van der Waals surface area contributed by atoms with Crippen molar-refractivity contribution in [2.75, 3.05) is 0 Å². The van der Waals surface area contributed by atoms with Crippen LogP contribution in [0.2, 0.25) is 0 Å². The van der Waals surface area contributed by atoms with Gasteiger partial charge in [-0.05, 0) is 18.3 Å². The molecular weight excluding hydrogens is 230 g/mol. The van der Waals surface area contributed by atoms with E-state index < -0.39 is 0 Å². The summed E-state index contributed by atoms with van der Waals surface area (Å²) in [6.45, 7) is 4.22. The van der Waals surface area contributed by atoms with E-state index in [1.54, 1.807) is 11.8 Å². The first-order chi connectivity index (χ1) is 8.16. The highest BCUT2D eigenvalue weighted by Gasteiger charge is 2.31. The van der Waals surface area contributed by atoms with Gasteiger partial charge in [-0.1, -0.05) is 64.1 Å². The van der Waals surface area contributed by atoms with Gasteiger partial charge in [0.1, 0.15) is 0 Å². The fourth-order valence-electron chi connectivity index (χ4n) is 2.74. The highest BCUT2D eigenvalue weighted by Crippen LogP contribution is 2.34. The maximum atomic E-state index is 11.7. The van der Waals surface area contributed by atoms with Crippen LogP contribution in [0, 0.1) is 11.8 Å². The average Bonchev–Trinajstić information content (AvgIpc) is 2.50. The molecule has 96 valence electrons. The summed E-state index contributed by atoms with van der Waals surface area (Å²) in [6.07, 6.45) is 9.24. The van der Waals surface area contributed by atoms with Crippen LogP contribution in [0.4, 0.5) is 0 Å². The van der Waals surface area contributed by atoms with Crippen LogP contribution in [-0.4, -0.2) is 16.2 Å². The largest absolute Gasteiger partial charge is 0.271 e. The molecule has 2 nitrogen and oxygen atoms in total. The van der Waals surface area contributed by atoms with E-state index in [2.05, 4.69) is 18.8 Å². The van der Waals surface area contributed by atoms with Gasteiger partial charge in [-0.3, -0.25) is 4.79 Å².